The van der Waals surface area contributed by atoms with Crippen LogP contribution in [0, 0.1) is 0 Å². The van der Waals surface area contributed by atoms with E-state index in [1.165, 1.54) is 0 Å². The summed E-state index contributed by atoms with van der Waals surface area (Å²) in [5, 5.41) is 2.90. The molecule has 21 heavy (non-hydrogen) atoms. The Morgan fingerprint density at radius 3 is 2.48 bits per heavy atom. The first-order valence-electron chi connectivity index (χ1n) is 6.73. The van der Waals surface area contributed by atoms with E-state index < -0.39 is 0 Å². The van der Waals surface area contributed by atoms with Crippen LogP contribution in [0.25, 0.3) is 5.69 Å². The van der Waals surface area contributed by atoms with E-state index in [1.807, 2.05) is 65.4 Å². The Morgan fingerprint density at radius 1 is 1.05 bits per heavy atom. The summed E-state index contributed by atoms with van der Waals surface area (Å²) in [6.07, 6.45) is 5.73. The molecule has 0 fully saturated rings. The zero-order valence-corrected chi connectivity index (χ0v) is 11.4. The van der Waals surface area contributed by atoms with Gasteiger partial charge < -0.3 is 9.88 Å². The van der Waals surface area contributed by atoms with Crippen LogP contribution in [0.3, 0.4) is 0 Å². The highest BCUT2D eigenvalue weighted by atomic mass is 16.1. The molecule has 0 aliphatic rings. The Kier molecular flexibility index (Phi) is 3.78. The topological polar surface area (TPSA) is 46.9 Å². The number of hydrogen-bond acceptors (Lipinski definition) is 2. The minimum atomic E-state index is -0.0171. The lowest BCUT2D eigenvalue weighted by Gasteiger charge is -2.07. The number of imidazole rings is 1. The van der Waals surface area contributed by atoms with E-state index in [0.29, 0.717) is 6.42 Å². The molecule has 4 heteroatoms. The van der Waals surface area contributed by atoms with E-state index in [1.54, 1.807) is 12.5 Å². The molecule has 104 valence electrons. The molecule has 1 N–H and O–H groups in total. The van der Waals surface area contributed by atoms with Gasteiger partial charge >= 0.3 is 0 Å². The molecule has 3 aromatic rings. The van der Waals surface area contributed by atoms with Crippen molar-refractivity contribution in [3.63, 3.8) is 0 Å². The van der Waals surface area contributed by atoms with Gasteiger partial charge in [-0.15, -0.1) is 0 Å². The molecule has 0 aliphatic carbocycles. The Hall–Kier alpha value is -2.88. The number of nitrogens with one attached hydrogen (secondary N) is 1. The number of nitrogens with zero attached hydrogens (tertiary/aromatic N) is 2. The lowest BCUT2D eigenvalue weighted by Crippen LogP contribution is -2.14. The molecule has 0 radical (unpaired) electrons. The molecule has 0 bridgehead atoms. The predicted octanol–water partition coefficient (Wildman–Crippen LogP) is 3.05. The standard InChI is InChI=1S/C17H15N3O/c21-17(12-14-4-2-1-3-5-14)19-15-6-8-16(9-7-15)20-11-10-18-13-20/h1-11,13H,12H2,(H,19,21). The molecule has 2 aromatic carbocycles. The van der Waals surface area contributed by atoms with E-state index in [0.717, 1.165) is 16.9 Å². The molecule has 0 spiro atoms. The van der Waals surface area contributed by atoms with Crippen molar-refractivity contribution < 1.29 is 4.79 Å². The maximum Gasteiger partial charge on any atom is 0.228 e. The number of anilines is 1. The largest absolute Gasteiger partial charge is 0.326 e. The molecular formula is C17H15N3O. The van der Waals surface area contributed by atoms with Gasteiger partial charge in [0.15, 0.2) is 0 Å². The lowest BCUT2D eigenvalue weighted by atomic mass is 10.1. The highest BCUT2D eigenvalue weighted by Gasteiger charge is 2.04. The average molecular weight is 277 g/mol. The van der Waals surface area contributed by atoms with Crippen LogP contribution in [0.4, 0.5) is 5.69 Å². The summed E-state index contributed by atoms with van der Waals surface area (Å²) in [5.74, 6) is -0.0171. The predicted molar refractivity (Wildman–Crippen MR) is 82.3 cm³/mol. The Bertz CT molecular complexity index is 704. The number of benzene rings is 2. The van der Waals surface area contributed by atoms with Crippen molar-refractivity contribution in [2.45, 2.75) is 6.42 Å². The molecular weight excluding hydrogens is 262 g/mol. The first kappa shape index (κ1) is 13.1. The van der Waals surface area contributed by atoms with Gasteiger partial charge in [0, 0.05) is 23.8 Å². The van der Waals surface area contributed by atoms with Crippen molar-refractivity contribution in [2.24, 2.45) is 0 Å². The van der Waals surface area contributed by atoms with Gasteiger partial charge in [-0.1, -0.05) is 30.3 Å². The minimum Gasteiger partial charge on any atom is -0.326 e. The van der Waals surface area contributed by atoms with E-state index >= 15 is 0 Å². The quantitative estimate of drug-likeness (QED) is 0.796. The minimum absolute atomic E-state index is 0.0171. The van der Waals surface area contributed by atoms with Crippen LogP contribution in [0.15, 0.2) is 73.3 Å². The number of aromatic nitrogens is 2. The zero-order chi connectivity index (χ0) is 14.5. The number of carbonyl (C=O) groups is 1. The van der Waals surface area contributed by atoms with Crippen molar-refractivity contribution in [1.29, 1.82) is 0 Å². The van der Waals surface area contributed by atoms with E-state index in [9.17, 15) is 4.79 Å². The molecule has 0 aliphatic heterocycles. The highest BCUT2D eigenvalue weighted by molar-refractivity contribution is 5.92. The maximum atomic E-state index is 12.0. The van der Waals surface area contributed by atoms with Crippen molar-refractivity contribution in [3.05, 3.63) is 78.9 Å². The van der Waals surface area contributed by atoms with Crippen molar-refractivity contribution in [3.8, 4) is 5.69 Å². The summed E-state index contributed by atoms with van der Waals surface area (Å²) < 4.78 is 1.91. The summed E-state index contributed by atoms with van der Waals surface area (Å²) in [7, 11) is 0. The second-order valence-electron chi connectivity index (χ2n) is 4.73. The molecule has 3 rings (SSSR count). The van der Waals surface area contributed by atoms with Crippen LogP contribution in [-0.4, -0.2) is 15.5 Å². The number of rotatable bonds is 4. The van der Waals surface area contributed by atoms with Gasteiger partial charge in [-0.2, -0.15) is 0 Å². The molecule has 0 saturated carbocycles. The van der Waals surface area contributed by atoms with Gasteiger partial charge in [0.1, 0.15) is 0 Å². The Balaban J connectivity index is 1.64. The number of carbonyl (C=O) groups excluding carboxylic acids is 1. The van der Waals surface area contributed by atoms with Crippen LogP contribution in [0.5, 0.6) is 0 Å². The summed E-state index contributed by atoms with van der Waals surface area (Å²) in [5.41, 5.74) is 2.80. The molecule has 0 unspecified atom stereocenters. The van der Waals surface area contributed by atoms with Crippen LogP contribution < -0.4 is 5.32 Å². The van der Waals surface area contributed by atoms with E-state index in [4.69, 9.17) is 0 Å². The fourth-order valence-corrected chi connectivity index (χ4v) is 2.12. The van der Waals surface area contributed by atoms with Gasteiger partial charge in [-0.05, 0) is 29.8 Å². The second kappa shape index (κ2) is 6.05. The van der Waals surface area contributed by atoms with Crippen LogP contribution in [0.2, 0.25) is 0 Å². The third kappa shape index (κ3) is 3.36. The summed E-state index contributed by atoms with van der Waals surface area (Å²) in [6.45, 7) is 0. The van der Waals surface area contributed by atoms with Gasteiger partial charge in [0.25, 0.3) is 0 Å². The normalized spacial score (nSPS) is 10.3. The summed E-state index contributed by atoms with van der Waals surface area (Å²) >= 11 is 0. The molecule has 1 aromatic heterocycles. The van der Waals surface area contributed by atoms with Crippen LogP contribution >= 0.6 is 0 Å². The Morgan fingerprint density at radius 2 is 1.81 bits per heavy atom. The molecule has 4 nitrogen and oxygen atoms in total. The third-order valence-corrected chi connectivity index (χ3v) is 3.16. The van der Waals surface area contributed by atoms with E-state index in [2.05, 4.69) is 10.3 Å². The van der Waals surface area contributed by atoms with Crippen LogP contribution in [-0.2, 0) is 11.2 Å². The molecule has 1 heterocycles. The first-order chi connectivity index (χ1) is 10.3. The monoisotopic (exact) mass is 277 g/mol. The SMILES string of the molecule is O=C(Cc1ccccc1)Nc1ccc(-n2ccnc2)cc1. The third-order valence-electron chi connectivity index (χ3n) is 3.16. The van der Waals surface area contributed by atoms with Gasteiger partial charge in [0.05, 0.1) is 12.7 Å². The Labute approximate surface area is 123 Å². The average Bonchev–Trinajstić information content (AvgIpc) is 3.03. The number of amides is 1. The van der Waals surface area contributed by atoms with Crippen LogP contribution in [0.1, 0.15) is 5.56 Å². The molecule has 0 atom stereocenters. The zero-order valence-electron chi connectivity index (χ0n) is 11.4. The lowest BCUT2D eigenvalue weighted by molar-refractivity contribution is -0.115. The van der Waals surface area contributed by atoms with E-state index in [-0.39, 0.29) is 5.91 Å². The fraction of sp³-hybridized carbons (Fsp3) is 0.0588. The van der Waals surface area contributed by atoms with Gasteiger partial charge in [-0.25, -0.2) is 4.98 Å². The maximum absolute atomic E-state index is 12.0. The fourth-order valence-electron chi connectivity index (χ4n) is 2.12. The van der Waals surface area contributed by atoms with Crippen molar-refractivity contribution in [2.75, 3.05) is 5.32 Å². The molecule has 1 amide bonds. The highest BCUT2D eigenvalue weighted by Crippen LogP contribution is 2.13. The number of hydrogen-bond donors (Lipinski definition) is 1. The summed E-state index contributed by atoms with van der Waals surface area (Å²) in [6, 6.07) is 17.4. The smallest absolute Gasteiger partial charge is 0.228 e. The van der Waals surface area contributed by atoms with Crippen molar-refractivity contribution in [1.82, 2.24) is 9.55 Å². The first-order valence-corrected chi connectivity index (χ1v) is 6.73. The summed E-state index contributed by atoms with van der Waals surface area (Å²) in [4.78, 5) is 16.0. The molecule has 0 saturated heterocycles. The second-order valence-corrected chi connectivity index (χ2v) is 4.73. The van der Waals surface area contributed by atoms with Crippen molar-refractivity contribution >= 4 is 11.6 Å². The van der Waals surface area contributed by atoms with Gasteiger partial charge in [0.2, 0.25) is 5.91 Å². The van der Waals surface area contributed by atoms with Gasteiger partial charge in [-0.3, -0.25) is 4.79 Å².